The van der Waals surface area contributed by atoms with Crippen LogP contribution in [0.3, 0.4) is 0 Å². The standard InChI is InChI=1S/C20H20N2O4/c1-14(23)17-8-2-3-9-18(17)21-19(24)13-26-16-7-4-6-15(12-16)22-11-5-10-20(22)25/h2-4,6-9,12H,5,10-11,13H2,1H3,(H,21,24). The largest absolute Gasteiger partial charge is 0.484 e. The highest BCUT2D eigenvalue weighted by Crippen LogP contribution is 2.25. The van der Waals surface area contributed by atoms with E-state index in [2.05, 4.69) is 5.32 Å². The number of nitrogens with one attached hydrogen (secondary N) is 1. The fourth-order valence-corrected chi connectivity index (χ4v) is 2.90. The molecule has 0 spiro atoms. The normalized spacial score (nSPS) is 13.6. The zero-order valence-corrected chi connectivity index (χ0v) is 14.5. The third-order valence-electron chi connectivity index (χ3n) is 4.15. The smallest absolute Gasteiger partial charge is 0.262 e. The van der Waals surface area contributed by atoms with Gasteiger partial charge in [-0.3, -0.25) is 14.4 Å². The number of ether oxygens (including phenoxy) is 1. The number of amides is 2. The highest BCUT2D eigenvalue weighted by atomic mass is 16.5. The lowest BCUT2D eigenvalue weighted by Crippen LogP contribution is -2.24. The van der Waals surface area contributed by atoms with Crippen molar-refractivity contribution in [3.05, 3.63) is 54.1 Å². The summed E-state index contributed by atoms with van der Waals surface area (Å²) in [7, 11) is 0. The van der Waals surface area contributed by atoms with E-state index in [-0.39, 0.29) is 24.2 Å². The van der Waals surface area contributed by atoms with E-state index in [1.807, 2.05) is 6.07 Å². The number of carbonyl (C=O) groups is 3. The summed E-state index contributed by atoms with van der Waals surface area (Å²) in [6, 6.07) is 14.0. The summed E-state index contributed by atoms with van der Waals surface area (Å²) < 4.78 is 5.54. The van der Waals surface area contributed by atoms with Crippen LogP contribution in [0.2, 0.25) is 0 Å². The second kappa shape index (κ2) is 7.82. The van der Waals surface area contributed by atoms with Gasteiger partial charge in [0.1, 0.15) is 5.75 Å². The van der Waals surface area contributed by atoms with E-state index >= 15 is 0 Å². The van der Waals surface area contributed by atoms with Crippen LogP contribution in [-0.4, -0.2) is 30.7 Å². The molecular weight excluding hydrogens is 332 g/mol. The van der Waals surface area contributed by atoms with Gasteiger partial charge in [0.15, 0.2) is 12.4 Å². The maximum absolute atomic E-state index is 12.1. The Morgan fingerprint density at radius 2 is 1.96 bits per heavy atom. The molecule has 0 unspecified atom stereocenters. The van der Waals surface area contributed by atoms with E-state index in [1.165, 1.54) is 6.92 Å². The van der Waals surface area contributed by atoms with Crippen LogP contribution >= 0.6 is 0 Å². The average Bonchev–Trinajstić information content (AvgIpc) is 3.06. The molecule has 0 aliphatic carbocycles. The summed E-state index contributed by atoms with van der Waals surface area (Å²) in [6.45, 7) is 1.96. The molecule has 6 heteroatoms. The minimum absolute atomic E-state index is 0.0979. The fourth-order valence-electron chi connectivity index (χ4n) is 2.90. The van der Waals surface area contributed by atoms with E-state index in [4.69, 9.17) is 4.74 Å². The average molecular weight is 352 g/mol. The zero-order valence-electron chi connectivity index (χ0n) is 14.5. The zero-order chi connectivity index (χ0) is 18.5. The Bertz CT molecular complexity index is 847. The molecule has 1 fully saturated rings. The summed E-state index contributed by atoms with van der Waals surface area (Å²) in [4.78, 5) is 37.3. The molecule has 2 aromatic carbocycles. The van der Waals surface area contributed by atoms with E-state index in [0.717, 1.165) is 12.1 Å². The van der Waals surface area contributed by atoms with Crippen molar-refractivity contribution in [3.8, 4) is 5.75 Å². The summed E-state index contributed by atoms with van der Waals surface area (Å²) >= 11 is 0. The van der Waals surface area contributed by atoms with Crippen molar-refractivity contribution in [2.45, 2.75) is 19.8 Å². The molecule has 0 bridgehead atoms. The van der Waals surface area contributed by atoms with Crippen molar-refractivity contribution in [1.29, 1.82) is 0 Å². The Morgan fingerprint density at radius 1 is 1.15 bits per heavy atom. The van der Waals surface area contributed by atoms with Crippen LogP contribution in [0.5, 0.6) is 5.75 Å². The Labute approximate surface area is 151 Å². The molecule has 0 atom stereocenters. The third-order valence-corrected chi connectivity index (χ3v) is 4.15. The van der Waals surface area contributed by atoms with Crippen LogP contribution in [0.4, 0.5) is 11.4 Å². The van der Waals surface area contributed by atoms with Gasteiger partial charge in [-0.15, -0.1) is 0 Å². The summed E-state index contributed by atoms with van der Waals surface area (Å²) in [6.07, 6.45) is 1.41. The molecule has 0 radical (unpaired) electrons. The third kappa shape index (κ3) is 4.08. The molecule has 1 aliphatic rings. The van der Waals surface area contributed by atoms with E-state index in [0.29, 0.717) is 30.0 Å². The number of ketones is 1. The first-order valence-electron chi connectivity index (χ1n) is 8.47. The van der Waals surface area contributed by atoms with Crippen molar-refractivity contribution in [2.24, 2.45) is 0 Å². The van der Waals surface area contributed by atoms with Crippen molar-refractivity contribution >= 4 is 29.0 Å². The molecule has 1 heterocycles. The van der Waals surface area contributed by atoms with Gasteiger partial charge in [-0.1, -0.05) is 18.2 Å². The molecule has 0 saturated carbocycles. The fraction of sp³-hybridized carbons (Fsp3) is 0.250. The van der Waals surface area contributed by atoms with Gasteiger partial charge in [0.05, 0.1) is 5.69 Å². The Hall–Kier alpha value is -3.15. The lowest BCUT2D eigenvalue weighted by atomic mass is 10.1. The van der Waals surface area contributed by atoms with Gasteiger partial charge in [0, 0.05) is 30.3 Å². The molecule has 2 aromatic rings. The SMILES string of the molecule is CC(=O)c1ccccc1NC(=O)COc1cccc(N2CCCC2=O)c1. The first-order chi connectivity index (χ1) is 12.5. The van der Waals surface area contributed by atoms with E-state index < -0.39 is 0 Å². The van der Waals surface area contributed by atoms with E-state index in [1.54, 1.807) is 47.4 Å². The number of hydrogen-bond donors (Lipinski definition) is 1. The Balaban J connectivity index is 1.62. The van der Waals surface area contributed by atoms with Gasteiger partial charge < -0.3 is 15.0 Å². The number of Topliss-reactive ketones (excluding diaryl/α,β-unsaturated/α-hetero) is 1. The predicted molar refractivity (Wildman–Crippen MR) is 98.6 cm³/mol. The minimum Gasteiger partial charge on any atom is -0.484 e. The topological polar surface area (TPSA) is 75.7 Å². The van der Waals surface area contributed by atoms with Gasteiger partial charge in [-0.25, -0.2) is 0 Å². The molecule has 3 rings (SSSR count). The molecule has 1 N–H and O–H groups in total. The molecule has 26 heavy (non-hydrogen) atoms. The van der Waals surface area contributed by atoms with E-state index in [9.17, 15) is 14.4 Å². The van der Waals surface area contributed by atoms with Crippen molar-refractivity contribution in [2.75, 3.05) is 23.4 Å². The predicted octanol–water partition coefficient (Wildman–Crippen LogP) is 3.03. The molecule has 1 saturated heterocycles. The molecule has 0 aromatic heterocycles. The summed E-state index contributed by atoms with van der Waals surface area (Å²) in [5.41, 5.74) is 1.69. The minimum atomic E-state index is -0.360. The second-order valence-electron chi connectivity index (χ2n) is 6.08. The number of anilines is 2. The molecule has 134 valence electrons. The van der Waals surface area contributed by atoms with Crippen LogP contribution in [0.1, 0.15) is 30.1 Å². The molecule has 6 nitrogen and oxygen atoms in total. The highest BCUT2D eigenvalue weighted by molar-refractivity contribution is 6.04. The van der Waals surface area contributed by atoms with Gasteiger partial charge >= 0.3 is 0 Å². The van der Waals surface area contributed by atoms with Gasteiger partial charge in [-0.05, 0) is 37.6 Å². The Kier molecular flexibility index (Phi) is 5.31. The van der Waals surface area contributed by atoms with Crippen LogP contribution in [0.15, 0.2) is 48.5 Å². The quantitative estimate of drug-likeness (QED) is 0.811. The lowest BCUT2D eigenvalue weighted by Gasteiger charge is -2.16. The van der Waals surface area contributed by atoms with Crippen LogP contribution in [0, 0.1) is 0 Å². The molecule has 2 amide bonds. The monoisotopic (exact) mass is 352 g/mol. The van der Waals surface area contributed by atoms with Crippen LogP contribution < -0.4 is 15.0 Å². The number of hydrogen-bond acceptors (Lipinski definition) is 4. The van der Waals surface area contributed by atoms with Crippen molar-refractivity contribution in [3.63, 3.8) is 0 Å². The molecular formula is C20H20N2O4. The van der Waals surface area contributed by atoms with Crippen LogP contribution in [0.25, 0.3) is 0 Å². The van der Waals surface area contributed by atoms with Crippen LogP contribution in [-0.2, 0) is 9.59 Å². The first kappa shape index (κ1) is 17.7. The van der Waals surface area contributed by atoms with Gasteiger partial charge in [0.25, 0.3) is 5.91 Å². The number of benzene rings is 2. The van der Waals surface area contributed by atoms with Crippen molar-refractivity contribution in [1.82, 2.24) is 0 Å². The second-order valence-corrected chi connectivity index (χ2v) is 6.08. The Morgan fingerprint density at radius 3 is 2.69 bits per heavy atom. The maximum atomic E-state index is 12.1. The van der Waals surface area contributed by atoms with Gasteiger partial charge in [0.2, 0.25) is 5.91 Å². The number of carbonyl (C=O) groups excluding carboxylic acids is 3. The summed E-state index contributed by atoms with van der Waals surface area (Å²) in [5, 5.41) is 2.69. The lowest BCUT2D eigenvalue weighted by molar-refractivity contribution is -0.118. The maximum Gasteiger partial charge on any atom is 0.262 e. The number of nitrogens with zero attached hydrogens (tertiary/aromatic N) is 1. The molecule has 1 aliphatic heterocycles. The number of para-hydroxylation sites is 1. The van der Waals surface area contributed by atoms with Crippen molar-refractivity contribution < 1.29 is 19.1 Å². The highest BCUT2D eigenvalue weighted by Gasteiger charge is 2.21. The van der Waals surface area contributed by atoms with Gasteiger partial charge in [-0.2, -0.15) is 0 Å². The number of rotatable bonds is 6. The summed E-state index contributed by atoms with van der Waals surface area (Å²) in [5.74, 6) is 0.129. The first-order valence-corrected chi connectivity index (χ1v) is 8.47.